The molecule has 0 bridgehead atoms. The van der Waals surface area contributed by atoms with Crippen LogP contribution in [0.15, 0.2) is 30.3 Å². The molecule has 118 valence electrons. The Morgan fingerprint density at radius 2 is 1.95 bits per heavy atom. The number of hydrogen-bond donors (Lipinski definition) is 1. The van der Waals surface area contributed by atoms with Gasteiger partial charge in [-0.3, -0.25) is 9.36 Å². The standard InChI is InChI=1S/C14H22NO5P/c1-11(13(16)19-10-14(2,3)18-4)15-21(17)20-12-8-6-5-7-9-12/h5-9,11,21H,10H2,1-4H3,(H,15,17)/t11-/m0/s1. The largest absolute Gasteiger partial charge is 0.461 e. The minimum atomic E-state index is -2.58. The van der Waals surface area contributed by atoms with Crippen LogP contribution in [0.5, 0.6) is 5.75 Å². The van der Waals surface area contributed by atoms with Gasteiger partial charge in [0, 0.05) is 7.11 Å². The van der Waals surface area contributed by atoms with Crippen molar-refractivity contribution in [1.82, 2.24) is 5.09 Å². The van der Waals surface area contributed by atoms with E-state index in [-0.39, 0.29) is 6.61 Å². The van der Waals surface area contributed by atoms with Gasteiger partial charge in [0.15, 0.2) is 0 Å². The summed E-state index contributed by atoms with van der Waals surface area (Å²) in [5.41, 5.74) is -0.554. The number of rotatable bonds is 8. The summed E-state index contributed by atoms with van der Waals surface area (Å²) in [5.74, 6) is -0.0230. The van der Waals surface area contributed by atoms with Crippen molar-refractivity contribution in [2.45, 2.75) is 32.4 Å². The highest BCUT2D eigenvalue weighted by molar-refractivity contribution is 7.37. The maximum absolute atomic E-state index is 11.8. The van der Waals surface area contributed by atoms with E-state index in [1.807, 2.05) is 6.07 Å². The van der Waals surface area contributed by atoms with Gasteiger partial charge in [-0.2, -0.15) is 0 Å². The molecule has 0 saturated carbocycles. The Labute approximate surface area is 125 Å². The number of esters is 1. The van der Waals surface area contributed by atoms with Gasteiger partial charge in [0.25, 0.3) is 0 Å². The Hall–Kier alpha value is -1.36. The van der Waals surface area contributed by atoms with Crippen LogP contribution in [0, 0.1) is 0 Å². The molecular weight excluding hydrogens is 293 g/mol. The fourth-order valence-corrected chi connectivity index (χ4v) is 2.17. The second kappa shape index (κ2) is 8.17. The van der Waals surface area contributed by atoms with Crippen LogP contribution in [-0.2, 0) is 18.8 Å². The lowest BCUT2D eigenvalue weighted by atomic mass is 10.1. The van der Waals surface area contributed by atoms with E-state index in [0.717, 1.165) is 0 Å². The normalized spacial score (nSPS) is 14.3. The highest BCUT2D eigenvalue weighted by Gasteiger charge is 2.22. The van der Waals surface area contributed by atoms with Crippen LogP contribution in [0.4, 0.5) is 0 Å². The van der Waals surface area contributed by atoms with Crippen LogP contribution in [-0.4, -0.2) is 31.3 Å². The maximum Gasteiger partial charge on any atom is 0.323 e. The minimum Gasteiger partial charge on any atom is -0.461 e. The first-order valence-corrected chi connectivity index (χ1v) is 7.91. The zero-order valence-electron chi connectivity index (χ0n) is 12.7. The second-order valence-electron chi connectivity index (χ2n) is 5.14. The second-order valence-corrected chi connectivity index (χ2v) is 6.21. The summed E-state index contributed by atoms with van der Waals surface area (Å²) < 4.78 is 27.3. The maximum atomic E-state index is 11.8. The lowest BCUT2D eigenvalue weighted by Gasteiger charge is -2.23. The first-order chi connectivity index (χ1) is 9.84. The monoisotopic (exact) mass is 315 g/mol. The van der Waals surface area contributed by atoms with E-state index in [9.17, 15) is 9.36 Å². The van der Waals surface area contributed by atoms with Crippen LogP contribution in [0.3, 0.4) is 0 Å². The molecule has 0 aliphatic carbocycles. The predicted octanol–water partition coefficient (Wildman–Crippen LogP) is 2.40. The van der Waals surface area contributed by atoms with Crippen LogP contribution in [0.25, 0.3) is 0 Å². The van der Waals surface area contributed by atoms with Gasteiger partial charge in [-0.1, -0.05) is 18.2 Å². The van der Waals surface area contributed by atoms with Crippen molar-refractivity contribution in [2.75, 3.05) is 13.7 Å². The number of ether oxygens (including phenoxy) is 2. The predicted molar refractivity (Wildman–Crippen MR) is 80.7 cm³/mol. The highest BCUT2D eigenvalue weighted by Crippen LogP contribution is 2.23. The van der Waals surface area contributed by atoms with E-state index in [2.05, 4.69) is 5.09 Å². The molecule has 0 radical (unpaired) electrons. The first-order valence-electron chi connectivity index (χ1n) is 6.59. The van der Waals surface area contributed by atoms with Crippen molar-refractivity contribution in [2.24, 2.45) is 0 Å². The van der Waals surface area contributed by atoms with E-state index in [4.69, 9.17) is 14.0 Å². The van der Waals surface area contributed by atoms with E-state index < -0.39 is 25.8 Å². The SMILES string of the molecule is COC(C)(C)COC(=O)[C@H](C)N[PH](=O)Oc1ccccc1. The molecule has 2 atom stereocenters. The average Bonchev–Trinajstić information content (AvgIpc) is 2.45. The fourth-order valence-electron chi connectivity index (χ4n) is 1.29. The summed E-state index contributed by atoms with van der Waals surface area (Å²) in [4.78, 5) is 11.8. The van der Waals surface area contributed by atoms with Gasteiger partial charge in [-0.05, 0) is 32.9 Å². The highest BCUT2D eigenvalue weighted by atomic mass is 31.1. The van der Waals surface area contributed by atoms with Crippen molar-refractivity contribution in [3.8, 4) is 5.75 Å². The zero-order valence-corrected chi connectivity index (χ0v) is 13.7. The van der Waals surface area contributed by atoms with Gasteiger partial charge < -0.3 is 14.0 Å². The summed E-state index contributed by atoms with van der Waals surface area (Å²) in [5, 5.41) is 2.59. The molecule has 0 heterocycles. The van der Waals surface area contributed by atoms with Crippen molar-refractivity contribution < 1.29 is 23.4 Å². The summed E-state index contributed by atoms with van der Waals surface area (Å²) in [6.07, 6.45) is 0. The van der Waals surface area contributed by atoms with Crippen molar-refractivity contribution in [3.63, 3.8) is 0 Å². The molecule has 1 rings (SSSR count). The Morgan fingerprint density at radius 3 is 2.52 bits per heavy atom. The van der Waals surface area contributed by atoms with Crippen molar-refractivity contribution in [3.05, 3.63) is 30.3 Å². The zero-order chi connectivity index (χ0) is 15.9. The molecule has 1 aromatic rings. The molecule has 0 spiro atoms. The third kappa shape index (κ3) is 6.76. The minimum absolute atomic E-state index is 0.120. The summed E-state index contributed by atoms with van der Waals surface area (Å²) >= 11 is 0. The molecular formula is C14H22NO5P. The van der Waals surface area contributed by atoms with E-state index in [1.54, 1.807) is 52.1 Å². The van der Waals surface area contributed by atoms with Crippen LogP contribution in [0.2, 0.25) is 0 Å². The number of methoxy groups -OCH3 is 1. The van der Waals surface area contributed by atoms with Crippen LogP contribution < -0.4 is 9.61 Å². The quantitative estimate of drug-likeness (QED) is 0.586. The lowest BCUT2D eigenvalue weighted by molar-refractivity contribution is -0.152. The topological polar surface area (TPSA) is 73.9 Å². The number of para-hydroxylation sites is 1. The number of hydrogen-bond acceptors (Lipinski definition) is 5. The van der Waals surface area contributed by atoms with Crippen LogP contribution >= 0.6 is 8.18 Å². The fraction of sp³-hybridized carbons (Fsp3) is 0.500. The Bertz CT molecular complexity index is 478. The number of carbonyl (C=O) groups is 1. The van der Waals surface area contributed by atoms with E-state index in [0.29, 0.717) is 5.75 Å². The van der Waals surface area contributed by atoms with Gasteiger partial charge in [0.05, 0.1) is 5.60 Å². The van der Waals surface area contributed by atoms with Gasteiger partial charge in [0.1, 0.15) is 18.4 Å². The molecule has 1 aromatic carbocycles. The molecule has 0 saturated heterocycles. The van der Waals surface area contributed by atoms with Crippen molar-refractivity contribution >= 4 is 14.1 Å². The molecule has 0 amide bonds. The third-order valence-corrected chi connectivity index (χ3v) is 3.85. The number of benzene rings is 1. The summed E-state index contributed by atoms with van der Waals surface area (Å²) in [7, 11) is -1.03. The molecule has 1 unspecified atom stereocenters. The van der Waals surface area contributed by atoms with Crippen LogP contribution in [0.1, 0.15) is 20.8 Å². The van der Waals surface area contributed by atoms with E-state index in [1.165, 1.54) is 0 Å². The van der Waals surface area contributed by atoms with Gasteiger partial charge in [0.2, 0.25) is 0 Å². The van der Waals surface area contributed by atoms with Gasteiger partial charge in [-0.25, -0.2) is 5.09 Å². The molecule has 1 N–H and O–H groups in total. The lowest BCUT2D eigenvalue weighted by Crippen LogP contribution is -2.36. The smallest absolute Gasteiger partial charge is 0.323 e. The Kier molecular flexibility index (Phi) is 6.89. The number of nitrogens with one attached hydrogen (secondary N) is 1. The summed E-state index contributed by atoms with van der Waals surface area (Å²) in [6, 6.07) is 8.02. The van der Waals surface area contributed by atoms with Gasteiger partial charge >= 0.3 is 14.1 Å². The molecule has 0 aromatic heterocycles. The van der Waals surface area contributed by atoms with Gasteiger partial charge in [-0.15, -0.1) is 0 Å². The Balaban J connectivity index is 2.40. The molecule has 7 heteroatoms. The molecule has 0 aliphatic rings. The average molecular weight is 315 g/mol. The first kappa shape index (κ1) is 17.7. The molecule has 21 heavy (non-hydrogen) atoms. The summed E-state index contributed by atoms with van der Waals surface area (Å²) in [6.45, 7) is 5.30. The molecule has 0 fully saturated rings. The number of carbonyl (C=O) groups excluding carboxylic acids is 1. The van der Waals surface area contributed by atoms with Crippen molar-refractivity contribution in [1.29, 1.82) is 0 Å². The third-order valence-electron chi connectivity index (χ3n) is 2.76. The molecule has 0 aliphatic heterocycles. The molecule has 6 nitrogen and oxygen atoms in total. The van der Waals surface area contributed by atoms with E-state index >= 15 is 0 Å². The Morgan fingerprint density at radius 1 is 1.33 bits per heavy atom.